The Morgan fingerprint density at radius 1 is 1.70 bits per heavy atom. The summed E-state index contributed by atoms with van der Waals surface area (Å²) >= 11 is 0. The molecule has 56 valence electrons. The highest BCUT2D eigenvalue weighted by atomic mass is 16.2. The number of allylic oxidation sites excluding steroid dienone is 1. The Hall–Kier alpha value is -0.780. The molecule has 0 bridgehead atoms. The van der Waals surface area contributed by atoms with Crippen molar-refractivity contribution < 1.29 is 5.11 Å². The van der Waals surface area contributed by atoms with Gasteiger partial charge >= 0.3 is 0 Å². The molecule has 0 fully saturated rings. The normalized spacial score (nSPS) is 8.20. The fourth-order valence-electron chi connectivity index (χ4n) is 0.556. The van der Waals surface area contributed by atoms with E-state index in [1.807, 2.05) is 19.1 Å². The Morgan fingerprint density at radius 3 is 2.90 bits per heavy atom. The molecular formula is C9H14O. The van der Waals surface area contributed by atoms with E-state index >= 15 is 0 Å². The number of hydrogen-bond acceptors (Lipinski definition) is 1. The van der Waals surface area contributed by atoms with Gasteiger partial charge in [-0.3, -0.25) is 0 Å². The zero-order valence-corrected chi connectivity index (χ0v) is 6.43. The average Bonchev–Trinajstić information content (AvgIpc) is 1.89. The van der Waals surface area contributed by atoms with Crippen molar-refractivity contribution in [1.29, 1.82) is 0 Å². The summed E-state index contributed by atoms with van der Waals surface area (Å²) < 4.78 is 0. The molecule has 0 atom stereocenters. The second kappa shape index (κ2) is 6.34. The van der Waals surface area contributed by atoms with Crippen LogP contribution in [0.2, 0.25) is 0 Å². The molecule has 0 aliphatic rings. The molecule has 10 heavy (non-hydrogen) atoms. The Morgan fingerprint density at radius 2 is 2.40 bits per heavy atom. The quantitative estimate of drug-likeness (QED) is 0.465. The Kier molecular flexibility index (Phi) is 5.85. The van der Waals surface area contributed by atoms with Gasteiger partial charge < -0.3 is 5.11 Å². The molecule has 1 nitrogen and oxygen atoms in total. The van der Waals surface area contributed by atoms with Gasteiger partial charge in [0.2, 0.25) is 0 Å². The Bertz CT molecular complexity index is 150. The van der Waals surface area contributed by atoms with Gasteiger partial charge in [-0.1, -0.05) is 6.08 Å². The van der Waals surface area contributed by atoms with Crippen molar-refractivity contribution in [3.63, 3.8) is 0 Å². The first-order chi connectivity index (χ1) is 4.81. The van der Waals surface area contributed by atoms with Gasteiger partial charge in [-0.15, -0.1) is 12.3 Å². The van der Waals surface area contributed by atoms with Gasteiger partial charge in [0.15, 0.2) is 0 Å². The van der Waals surface area contributed by atoms with E-state index < -0.39 is 0 Å². The maximum Gasteiger partial charge on any atom is 0.0474 e. The fourth-order valence-corrected chi connectivity index (χ4v) is 0.556. The van der Waals surface area contributed by atoms with Gasteiger partial charge in [-0.25, -0.2) is 0 Å². The molecule has 0 aliphatic carbocycles. The molecule has 0 radical (unpaired) electrons. The largest absolute Gasteiger partial charge is 0.396 e. The van der Waals surface area contributed by atoms with Crippen molar-refractivity contribution in [3.05, 3.63) is 30.0 Å². The standard InChI is InChI=1S/C9H14O/c1-3-4-5-6-9(2)7-8-10/h3,5,10H,1,4,7-8H2,2H3. The summed E-state index contributed by atoms with van der Waals surface area (Å²) in [6.07, 6.45) is 5.30. The van der Waals surface area contributed by atoms with Crippen LogP contribution in [0.3, 0.4) is 0 Å². The van der Waals surface area contributed by atoms with Crippen LogP contribution in [0.1, 0.15) is 19.8 Å². The van der Waals surface area contributed by atoms with Gasteiger partial charge in [0.25, 0.3) is 0 Å². The van der Waals surface area contributed by atoms with Crippen LogP contribution in [-0.2, 0) is 0 Å². The van der Waals surface area contributed by atoms with Crippen LogP contribution in [0.15, 0.2) is 30.0 Å². The van der Waals surface area contributed by atoms with Crippen LogP contribution >= 0.6 is 0 Å². The van der Waals surface area contributed by atoms with Gasteiger partial charge in [0.1, 0.15) is 0 Å². The summed E-state index contributed by atoms with van der Waals surface area (Å²) in [6.45, 7) is 5.74. The molecule has 0 heterocycles. The van der Waals surface area contributed by atoms with E-state index in [0.717, 1.165) is 12.0 Å². The monoisotopic (exact) mass is 138 g/mol. The first kappa shape index (κ1) is 9.22. The van der Waals surface area contributed by atoms with Crippen molar-refractivity contribution >= 4 is 0 Å². The lowest BCUT2D eigenvalue weighted by Gasteiger charge is -1.88. The fraction of sp³-hybridized carbons (Fsp3) is 0.444. The molecule has 1 N–H and O–H groups in total. The minimum absolute atomic E-state index is 0.209. The number of hydrogen-bond donors (Lipinski definition) is 1. The maximum absolute atomic E-state index is 8.50. The van der Waals surface area contributed by atoms with Gasteiger partial charge in [-0.05, 0) is 31.4 Å². The second-order valence-electron chi connectivity index (χ2n) is 2.13. The van der Waals surface area contributed by atoms with Crippen molar-refractivity contribution in [2.24, 2.45) is 0 Å². The van der Waals surface area contributed by atoms with E-state index in [1.165, 1.54) is 0 Å². The predicted molar refractivity (Wildman–Crippen MR) is 43.8 cm³/mol. The summed E-state index contributed by atoms with van der Waals surface area (Å²) in [6, 6.07) is 0. The minimum atomic E-state index is 0.209. The first-order valence-electron chi connectivity index (χ1n) is 3.43. The Balaban J connectivity index is 3.74. The van der Waals surface area contributed by atoms with Crippen LogP contribution in [0, 0.1) is 0 Å². The molecule has 0 rings (SSSR count). The number of aliphatic hydroxyl groups is 1. The highest BCUT2D eigenvalue weighted by Crippen LogP contribution is 1.95. The smallest absolute Gasteiger partial charge is 0.0474 e. The summed E-state index contributed by atoms with van der Waals surface area (Å²) in [4.78, 5) is 0. The second-order valence-corrected chi connectivity index (χ2v) is 2.13. The lowest BCUT2D eigenvalue weighted by atomic mass is 10.2. The third-order valence-corrected chi connectivity index (χ3v) is 1.12. The summed E-state index contributed by atoms with van der Waals surface area (Å²) in [5, 5.41) is 8.50. The van der Waals surface area contributed by atoms with Crippen molar-refractivity contribution in [3.8, 4) is 0 Å². The van der Waals surface area contributed by atoms with Crippen LogP contribution in [0.4, 0.5) is 0 Å². The zero-order valence-electron chi connectivity index (χ0n) is 6.43. The topological polar surface area (TPSA) is 20.2 Å². The molecule has 0 saturated carbocycles. The van der Waals surface area contributed by atoms with E-state index in [9.17, 15) is 0 Å². The van der Waals surface area contributed by atoms with Crippen LogP contribution in [-0.4, -0.2) is 11.7 Å². The molecule has 0 unspecified atom stereocenters. The van der Waals surface area contributed by atoms with Crippen LogP contribution in [0.25, 0.3) is 0 Å². The van der Waals surface area contributed by atoms with E-state index in [2.05, 4.69) is 12.3 Å². The lowest BCUT2D eigenvalue weighted by Crippen LogP contribution is -1.80. The van der Waals surface area contributed by atoms with E-state index in [-0.39, 0.29) is 6.61 Å². The third-order valence-electron chi connectivity index (χ3n) is 1.12. The molecule has 0 aliphatic heterocycles. The molecule has 0 saturated heterocycles. The molecule has 1 heteroatoms. The highest BCUT2D eigenvalue weighted by molar-refractivity contribution is 4.99. The van der Waals surface area contributed by atoms with Gasteiger partial charge in [0.05, 0.1) is 0 Å². The molecule has 0 spiro atoms. The first-order valence-corrected chi connectivity index (χ1v) is 3.43. The summed E-state index contributed by atoms with van der Waals surface area (Å²) in [5.41, 5.74) is 4.13. The third kappa shape index (κ3) is 5.36. The minimum Gasteiger partial charge on any atom is -0.396 e. The Labute approximate surface area is 62.4 Å². The SMILES string of the molecule is C=CCC=C=C(C)CCO. The average molecular weight is 138 g/mol. The molecule has 0 aromatic carbocycles. The summed E-state index contributed by atoms with van der Waals surface area (Å²) in [7, 11) is 0. The van der Waals surface area contributed by atoms with E-state index in [0.29, 0.717) is 6.42 Å². The molecule has 0 aromatic rings. The van der Waals surface area contributed by atoms with Gasteiger partial charge in [-0.2, -0.15) is 0 Å². The predicted octanol–water partition coefficient (Wildman–Crippen LogP) is 2.05. The molecule has 0 amide bonds. The summed E-state index contributed by atoms with van der Waals surface area (Å²) in [5.74, 6) is 0. The number of aliphatic hydroxyl groups excluding tert-OH is 1. The van der Waals surface area contributed by atoms with Crippen LogP contribution in [0.5, 0.6) is 0 Å². The molecular weight excluding hydrogens is 124 g/mol. The number of rotatable bonds is 4. The zero-order chi connectivity index (χ0) is 7.82. The highest BCUT2D eigenvalue weighted by Gasteiger charge is 1.82. The van der Waals surface area contributed by atoms with E-state index in [1.54, 1.807) is 0 Å². The molecule has 0 aromatic heterocycles. The van der Waals surface area contributed by atoms with Gasteiger partial charge in [0, 0.05) is 6.61 Å². The maximum atomic E-state index is 8.50. The lowest BCUT2D eigenvalue weighted by molar-refractivity contribution is 0.299. The van der Waals surface area contributed by atoms with Crippen molar-refractivity contribution in [2.45, 2.75) is 19.8 Å². The van der Waals surface area contributed by atoms with Crippen LogP contribution < -0.4 is 0 Å². The van der Waals surface area contributed by atoms with Crippen molar-refractivity contribution in [1.82, 2.24) is 0 Å². The van der Waals surface area contributed by atoms with Crippen molar-refractivity contribution in [2.75, 3.05) is 6.61 Å². The van der Waals surface area contributed by atoms with E-state index in [4.69, 9.17) is 5.11 Å².